The molecule has 7 heteroatoms. The molecule has 1 unspecified atom stereocenters. The molecule has 1 amide bonds. The Labute approximate surface area is 191 Å². The molecule has 1 N–H and O–H groups in total. The Morgan fingerprint density at radius 3 is 2.33 bits per heavy atom. The molecule has 1 aromatic heterocycles. The number of hydrogen-bond acceptors (Lipinski definition) is 3. The molecule has 1 atom stereocenters. The van der Waals surface area contributed by atoms with Gasteiger partial charge in [0.25, 0.3) is 5.91 Å². The molecule has 1 fully saturated rings. The van der Waals surface area contributed by atoms with Gasteiger partial charge in [-0.1, -0.05) is 61.4 Å². The summed E-state index contributed by atoms with van der Waals surface area (Å²) >= 11 is 0. The average molecular weight is 456 g/mol. The van der Waals surface area contributed by atoms with E-state index in [-0.39, 0.29) is 22.7 Å². The molecule has 1 saturated carbocycles. The summed E-state index contributed by atoms with van der Waals surface area (Å²) in [6.07, 6.45) is -0.102. The minimum Gasteiger partial charge on any atom is -0.347 e. The fraction of sp³-hybridized carbons (Fsp3) is 0.385. The number of carbonyl (C=O) groups is 1. The highest BCUT2D eigenvalue weighted by molar-refractivity contribution is 6.06. The molecule has 0 spiro atoms. The summed E-state index contributed by atoms with van der Waals surface area (Å²) in [7, 11) is 4.03. The summed E-state index contributed by atoms with van der Waals surface area (Å²) in [5.74, 6) is -0.506. The van der Waals surface area contributed by atoms with E-state index in [0.717, 1.165) is 37.3 Å². The van der Waals surface area contributed by atoms with Gasteiger partial charge in [0.1, 0.15) is 5.69 Å². The van der Waals surface area contributed by atoms with E-state index in [0.29, 0.717) is 11.8 Å². The smallest absolute Gasteiger partial charge is 0.347 e. The van der Waals surface area contributed by atoms with Crippen LogP contribution in [-0.4, -0.2) is 41.5 Å². The van der Waals surface area contributed by atoms with Gasteiger partial charge in [-0.3, -0.25) is 4.79 Å². The number of fused-ring (bicyclic) bond motifs is 1. The molecule has 1 aliphatic rings. The lowest BCUT2D eigenvalue weighted by molar-refractivity contribution is -0.140. The van der Waals surface area contributed by atoms with E-state index < -0.39 is 17.8 Å². The standard InChI is InChI=1S/C26H28F3N3O/c1-32(2)25(14-8-9-15-25)22(16-18-10-4-3-5-11-18)31-24(33)20-17-23(26(27,28)29)30-21-13-7-6-12-19(20)21/h3-7,10-13,17,22H,8-9,14-16H2,1-2H3,(H,31,33). The minimum atomic E-state index is -4.64. The van der Waals surface area contributed by atoms with E-state index in [1.807, 2.05) is 44.4 Å². The fourth-order valence-electron chi connectivity index (χ4n) is 5.06. The topological polar surface area (TPSA) is 45.2 Å². The van der Waals surface area contributed by atoms with E-state index in [2.05, 4.69) is 15.2 Å². The number of benzene rings is 2. The number of pyridine rings is 1. The molecule has 0 saturated heterocycles. The number of aromatic nitrogens is 1. The second-order valence-electron chi connectivity index (χ2n) is 8.99. The van der Waals surface area contributed by atoms with Gasteiger partial charge in [-0.15, -0.1) is 0 Å². The molecule has 3 aromatic rings. The first-order valence-corrected chi connectivity index (χ1v) is 11.2. The van der Waals surface area contributed by atoms with Gasteiger partial charge in [-0.25, -0.2) is 4.98 Å². The second kappa shape index (κ2) is 9.14. The molecule has 174 valence electrons. The zero-order chi connectivity index (χ0) is 23.6. The third kappa shape index (κ3) is 4.74. The average Bonchev–Trinajstić information content (AvgIpc) is 3.29. The molecule has 0 radical (unpaired) electrons. The van der Waals surface area contributed by atoms with Gasteiger partial charge in [-0.05, 0) is 51.1 Å². The van der Waals surface area contributed by atoms with Gasteiger partial charge in [0, 0.05) is 10.9 Å². The van der Waals surface area contributed by atoms with Crippen LogP contribution in [0.5, 0.6) is 0 Å². The van der Waals surface area contributed by atoms with Gasteiger partial charge < -0.3 is 10.2 Å². The van der Waals surface area contributed by atoms with E-state index >= 15 is 0 Å². The number of alkyl halides is 3. The highest BCUT2D eigenvalue weighted by atomic mass is 19.4. The minimum absolute atomic E-state index is 0.00195. The number of likely N-dealkylation sites (N-methyl/N-ethyl adjacent to an activating group) is 1. The van der Waals surface area contributed by atoms with Crippen LogP contribution < -0.4 is 5.32 Å². The van der Waals surface area contributed by atoms with Crippen LogP contribution in [0.25, 0.3) is 10.9 Å². The molecular weight excluding hydrogens is 427 g/mol. The number of hydrogen-bond donors (Lipinski definition) is 1. The number of nitrogens with zero attached hydrogens (tertiary/aromatic N) is 2. The number of para-hydroxylation sites is 1. The highest BCUT2D eigenvalue weighted by Crippen LogP contribution is 2.38. The number of halogens is 3. The van der Waals surface area contributed by atoms with Gasteiger partial charge >= 0.3 is 6.18 Å². The molecule has 33 heavy (non-hydrogen) atoms. The SMILES string of the molecule is CN(C)C1(C(Cc2ccccc2)NC(=O)c2cc(C(F)(F)F)nc3ccccc23)CCCC1. The Morgan fingerprint density at radius 1 is 1.06 bits per heavy atom. The van der Waals surface area contributed by atoms with Gasteiger partial charge in [0.2, 0.25) is 0 Å². The van der Waals surface area contributed by atoms with Gasteiger partial charge in [-0.2, -0.15) is 13.2 Å². The van der Waals surface area contributed by atoms with Crippen molar-refractivity contribution in [1.29, 1.82) is 0 Å². The van der Waals surface area contributed by atoms with Crippen LogP contribution in [0.3, 0.4) is 0 Å². The number of carbonyl (C=O) groups excluding carboxylic acids is 1. The van der Waals surface area contributed by atoms with E-state index in [9.17, 15) is 18.0 Å². The largest absolute Gasteiger partial charge is 0.433 e. The van der Waals surface area contributed by atoms with Crippen LogP contribution in [0.1, 0.15) is 47.3 Å². The van der Waals surface area contributed by atoms with Crippen LogP contribution in [0.2, 0.25) is 0 Å². The summed E-state index contributed by atoms with van der Waals surface area (Å²) in [6.45, 7) is 0. The van der Waals surface area contributed by atoms with Crippen molar-refractivity contribution in [1.82, 2.24) is 15.2 Å². The maximum atomic E-state index is 13.5. The van der Waals surface area contributed by atoms with E-state index in [4.69, 9.17) is 0 Å². The van der Waals surface area contributed by atoms with Crippen LogP contribution >= 0.6 is 0 Å². The third-order valence-corrected chi connectivity index (χ3v) is 6.85. The third-order valence-electron chi connectivity index (χ3n) is 6.85. The summed E-state index contributed by atoms with van der Waals surface area (Å²) < 4.78 is 40.6. The van der Waals surface area contributed by atoms with Gasteiger partial charge in [0.05, 0.1) is 17.1 Å². The van der Waals surface area contributed by atoms with Crippen LogP contribution in [0.15, 0.2) is 60.7 Å². The van der Waals surface area contributed by atoms with Gasteiger partial charge in [0.15, 0.2) is 0 Å². The van der Waals surface area contributed by atoms with Crippen molar-refractivity contribution in [2.45, 2.75) is 49.9 Å². The number of rotatable bonds is 6. The van der Waals surface area contributed by atoms with Crippen LogP contribution in [0, 0.1) is 0 Å². The molecule has 4 rings (SSSR count). The van der Waals surface area contributed by atoms with Crippen molar-refractivity contribution in [3.8, 4) is 0 Å². The van der Waals surface area contributed by atoms with Crippen molar-refractivity contribution in [2.75, 3.05) is 14.1 Å². The highest BCUT2D eigenvalue weighted by Gasteiger charge is 2.44. The molecule has 0 bridgehead atoms. The normalized spacial score (nSPS) is 16.8. The molecule has 1 aliphatic carbocycles. The summed E-state index contributed by atoms with van der Waals surface area (Å²) in [4.78, 5) is 19.4. The van der Waals surface area contributed by atoms with E-state index in [1.54, 1.807) is 18.2 Å². The van der Waals surface area contributed by atoms with Crippen LogP contribution in [0.4, 0.5) is 13.2 Å². The Balaban J connectivity index is 1.75. The van der Waals surface area contributed by atoms with Crippen molar-refractivity contribution < 1.29 is 18.0 Å². The maximum absolute atomic E-state index is 13.5. The van der Waals surface area contributed by atoms with Crippen molar-refractivity contribution in [3.63, 3.8) is 0 Å². The van der Waals surface area contributed by atoms with E-state index in [1.165, 1.54) is 6.07 Å². The summed E-state index contributed by atoms with van der Waals surface area (Å²) in [5.41, 5.74) is -0.0971. The molecular formula is C26H28F3N3O. The maximum Gasteiger partial charge on any atom is 0.433 e. The first kappa shape index (κ1) is 23.2. The number of amides is 1. The first-order chi connectivity index (χ1) is 15.7. The monoisotopic (exact) mass is 455 g/mol. The van der Waals surface area contributed by atoms with Crippen LogP contribution in [-0.2, 0) is 12.6 Å². The Bertz CT molecular complexity index is 1120. The lowest BCUT2D eigenvalue weighted by atomic mass is 9.82. The quantitative estimate of drug-likeness (QED) is 0.536. The fourth-order valence-corrected chi connectivity index (χ4v) is 5.06. The van der Waals surface area contributed by atoms with Crippen molar-refractivity contribution >= 4 is 16.8 Å². The predicted octanol–water partition coefficient (Wildman–Crippen LogP) is 5.47. The summed E-state index contributed by atoms with van der Waals surface area (Å²) in [5, 5.41) is 3.55. The van der Waals surface area contributed by atoms with Crippen molar-refractivity contribution in [2.24, 2.45) is 0 Å². The first-order valence-electron chi connectivity index (χ1n) is 11.2. The molecule has 0 aliphatic heterocycles. The summed E-state index contributed by atoms with van der Waals surface area (Å²) in [6, 6.07) is 17.0. The van der Waals surface area contributed by atoms with Crippen molar-refractivity contribution in [3.05, 3.63) is 77.5 Å². The predicted molar refractivity (Wildman–Crippen MR) is 123 cm³/mol. The lowest BCUT2D eigenvalue weighted by Crippen LogP contribution is -2.59. The lowest BCUT2D eigenvalue weighted by Gasteiger charge is -2.44. The zero-order valence-corrected chi connectivity index (χ0v) is 18.8. The zero-order valence-electron chi connectivity index (χ0n) is 18.8. The Hall–Kier alpha value is -2.93. The second-order valence-corrected chi connectivity index (χ2v) is 8.99. The Kier molecular flexibility index (Phi) is 6.43. The Morgan fingerprint density at radius 2 is 1.70 bits per heavy atom. The molecule has 2 aromatic carbocycles. The molecule has 1 heterocycles. The number of nitrogens with one attached hydrogen (secondary N) is 1. The molecule has 4 nitrogen and oxygen atoms in total.